The summed E-state index contributed by atoms with van der Waals surface area (Å²) in [6.45, 7) is 1.09. The van der Waals surface area contributed by atoms with Crippen LogP contribution in [0, 0.1) is 0 Å². The summed E-state index contributed by atoms with van der Waals surface area (Å²) < 4.78 is 0. The lowest BCUT2D eigenvalue weighted by molar-refractivity contribution is -0.116. The maximum absolute atomic E-state index is 11.6. The maximum atomic E-state index is 11.6. The Kier molecular flexibility index (Phi) is 6.18. The van der Waals surface area contributed by atoms with Crippen molar-refractivity contribution in [3.8, 4) is 0 Å². The molecule has 0 bridgehead atoms. The number of carbonyl (C=O) groups excluding carboxylic acids is 2. The molecule has 2 N–H and O–H groups in total. The molecular weight excluding hydrogens is 304 g/mol. The molecular formula is C15H16N2O2S2. The van der Waals surface area contributed by atoms with Crippen LogP contribution < -0.4 is 10.6 Å². The van der Waals surface area contributed by atoms with Crippen LogP contribution in [0.2, 0.25) is 0 Å². The van der Waals surface area contributed by atoms with Crippen molar-refractivity contribution in [2.24, 2.45) is 0 Å². The zero-order valence-corrected chi connectivity index (χ0v) is 13.0. The Morgan fingerprint density at radius 2 is 2.00 bits per heavy atom. The second-order valence-electron chi connectivity index (χ2n) is 4.27. The highest BCUT2D eigenvalue weighted by atomic mass is 32.1. The fraction of sp³-hybridized carbons (Fsp3) is 0.200. The molecule has 2 amide bonds. The van der Waals surface area contributed by atoms with Crippen LogP contribution in [-0.4, -0.2) is 24.9 Å². The van der Waals surface area contributed by atoms with Gasteiger partial charge >= 0.3 is 0 Å². The van der Waals surface area contributed by atoms with Gasteiger partial charge in [-0.3, -0.25) is 9.59 Å². The Bertz CT molecular complexity index is 589. The fourth-order valence-corrected chi connectivity index (χ4v) is 2.87. The number of thiophene rings is 2. The van der Waals surface area contributed by atoms with Crippen LogP contribution in [-0.2, 0) is 4.79 Å². The summed E-state index contributed by atoms with van der Waals surface area (Å²) in [6.07, 6.45) is 4.01. The van der Waals surface area contributed by atoms with Gasteiger partial charge < -0.3 is 10.6 Å². The number of amides is 2. The van der Waals surface area contributed by atoms with Crippen LogP contribution in [0.25, 0.3) is 6.08 Å². The molecule has 2 heterocycles. The minimum atomic E-state index is -0.120. The largest absolute Gasteiger partial charge is 0.352 e. The smallest absolute Gasteiger partial charge is 0.261 e. The highest BCUT2D eigenvalue weighted by Crippen LogP contribution is 2.08. The van der Waals surface area contributed by atoms with Gasteiger partial charge in [0.1, 0.15) is 0 Å². The number of nitrogens with one attached hydrogen (secondary N) is 2. The van der Waals surface area contributed by atoms with Gasteiger partial charge in [-0.05, 0) is 46.3 Å². The van der Waals surface area contributed by atoms with Crippen molar-refractivity contribution in [1.29, 1.82) is 0 Å². The molecule has 2 aromatic rings. The summed E-state index contributed by atoms with van der Waals surface area (Å²) in [6, 6.07) is 5.59. The summed E-state index contributed by atoms with van der Waals surface area (Å²) >= 11 is 3.01. The van der Waals surface area contributed by atoms with Crippen molar-refractivity contribution < 1.29 is 9.59 Å². The van der Waals surface area contributed by atoms with E-state index >= 15 is 0 Å². The molecule has 0 spiro atoms. The average molecular weight is 320 g/mol. The predicted octanol–water partition coefficient (Wildman–Crippen LogP) is 2.76. The quantitative estimate of drug-likeness (QED) is 0.609. The molecule has 0 aliphatic rings. The predicted molar refractivity (Wildman–Crippen MR) is 87.6 cm³/mol. The summed E-state index contributed by atoms with van der Waals surface area (Å²) in [5, 5.41) is 11.4. The lowest BCUT2D eigenvalue weighted by Crippen LogP contribution is -2.28. The van der Waals surface area contributed by atoms with Crippen molar-refractivity contribution in [3.63, 3.8) is 0 Å². The van der Waals surface area contributed by atoms with Gasteiger partial charge in [0, 0.05) is 19.2 Å². The first-order valence-corrected chi connectivity index (χ1v) is 8.38. The zero-order valence-electron chi connectivity index (χ0n) is 11.4. The topological polar surface area (TPSA) is 58.2 Å². The van der Waals surface area contributed by atoms with Crippen molar-refractivity contribution in [1.82, 2.24) is 10.6 Å². The van der Waals surface area contributed by atoms with Gasteiger partial charge in [0.25, 0.3) is 5.91 Å². The van der Waals surface area contributed by atoms with Crippen LogP contribution in [0.4, 0.5) is 0 Å². The van der Waals surface area contributed by atoms with E-state index in [1.807, 2.05) is 28.3 Å². The molecule has 2 aromatic heterocycles. The summed E-state index contributed by atoms with van der Waals surface area (Å²) in [5.74, 6) is -0.181. The van der Waals surface area contributed by atoms with E-state index in [4.69, 9.17) is 0 Å². The third-order valence-electron chi connectivity index (χ3n) is 2.65. The molecule has 0 aliphatic heterocycles. The molecule has 0 saturated carbocycles. The van der Waals surface area contributed by atoms with Gasteiger partial charge in [0.05, 0.1) is 4.88 Å². The van der Waals surface area contributed by atoms with Gasteiger partial charge in [-0.25, -0.2) is 0 Å². The maximum Gasteiger partial charge on any atom is 0.261 e. The van der Waals surface area contributed by atoms with E-state index in [0.29, 0.717) is 24.4 Å². The number of hydrogen-bond donors (Lipinski definition) is 2. The van der Waals surface area contributed by atoms with Crippen molar-refractivity contribution >= 4 is 40.6 Å². The molecule has 0 atom stereocenters. The normalized spacial score (nSPS) is 10.7. The first-order valence-electron chi connectivity index (χ1n) is 6.55. The monoisotopic (exact) mass is 320 g/mol. The molecule has 6 heteroatoms. The highest BCUT2D eigenvalue weighted by Gasteiger charge is 2.04. The van der Waals surface area contributed by atoms with E-state index in [9.17, 15) is 9.59 Å². The molecule has 110 valence electrons. The standard InChI is InChI=1S/C15H16N2O2S2/c18-14(5-4-12-6-10-20-11-12)16-7-2-8-17-15(19)13-3-1-9-21-13/h1,3-6,9-11H,2,7-8H2,(H,16,18)(H,17,19). The fourth-order valence-electron chi connectivity index (χ4n) is 1.60. The minimum absolute atomic E-state index is 0.0614. The third kappa shape index (κ3) is 5.53. The Balaban J connectivity index is 1.57. The Labute approximate surface area is 131 Å². The number of rotatable bonds is 7. The van der Waals surface area contributed by atoms with E-state index in [1.165, 1.54) is 17.4 Å². The number of carbonyl (C=O) groups is 2. The Morgan fingerprint density at radius 1 is 1.14 bits per heavy atom. The molecule has 0 aromatic carbocycles. The molecule has 4 nitrogen and oxygen atoms in total. The lowest BCUT2D eigenvalue weighted by atomic mass is 10.3. The van der Waals surface area contributed by atoms with E-state index in [2.05, 4.69) is 10.6 Å². The second kappa shape index (κ2) is 8.39. The van der Waals surface area contributed by atoms with Gasteiger partial charge in [-0.2, -0.15) is 11.3 Å². The molecule has 0 radical (unpaired) electrons. The molecule has 21 heavy (non-hydrogen) atoms. The van der Waals surface area contributed by atoms with Gasteiger partial charge in [-0.15, -0.1) is 11.3 Å². The summed E-state index contributed by atoms with van der Waals surface area (Å²) in [7, 11) is 0. The SMILES string of the molecule is O=C(C=Cc1ccsc1)NCCCNC(=O)c1cccs1. The van der Waals surface area contributed by atoms with Crippen molar-refractivity contribution in [2.75, 3.05) is 13.1 Å². The van der Waals surface area contributed by atoms with Crippen molar-refractivity contribution in [2.45, 2.75) is 6.42 Å². The molecule has 0 unspecified atom stereocenters. The van der Waals surface area contributed by atoms with E-state index in [0.717, 1.165) is 5.56 Å². The second-order valence-corrected chi connectivity index (χ2v) is 6.00. The first-order chi connectivity index (χ1) is 10.3. The molecule has 0 fully saturated rings. The van der Waals surface area contributed by atoms with Crippen LogP contribution in [0.3, 0.4) is 0 Å². The van der Waals surface area contributed by atoms with E-state index in [-0.39, 0.29) is 11.8 Å². The molecule has 0 aliphatic carbocycles. The van der Waals surface area contributed by atoms with Crippen LogP contribution in [0.15, 0.2) is 40.4 Å². The Morgan fingerprint density at radius 3 is 2.71 bits per heavy atom. The van der Waals surface area contributed by atoms with Crippen LogP contribution >= 0.6 is 22.7 Å². The lowest BCUT2D eigenvalue weighted by Gasteiger charge is -2.04. The van der Waals surface area contributed by atoms with Crippen LogP contribution in [0.5, 0.6) is 0 Å². The van der Waals surface area contributed by atoms with E-state index in [1.54, 1.807) is 23.5 Å². The summed E-state index contributed by atoms with van der Waals surface area (Å²) in [4.78, 5) is 23.9. The average Bonchev–Trinajstić information content (AvgIpc) is 3.17. The van der Waals surface area contributed by atoms with Crippen LogP contribution in [0.1, 0.15) is 21.7 Å². The Hall–Kier alpha value is -1.92. The summed E-state index contributed by atoms with van der Waals surface area (Å²) in [5.41, 5.74) is 1.03. The van der Waals surface area contributed by atoms with Crippen molar-refractivity contribution in [3.05, 3.63) is 50.9 Å². The number of hydrogen-bond acceptors (Lipinski definition) is 4. The zero-order chi connectivity index (χ0) is 14.9. The molecule has 0 saturated heterocycles. The van der Waals surface area contributed by atoms with Gasteiger partial charge in [0.2, 0.25) is 5.91 Å². The third-order valence-corrected chi connectivity index (χ3v) is 4.22. The first kappa shape index (κ1) is 15.5. The minimum Gasteiger partial charge on any atom is -0.352 e. The highest BCUT2D eigenvalue weighted by molar-refractivity contribution is 7.12. The molecule has 2 rings (SSSR count). The van der Waals surface area contributed by atoms with Gasteiger partial charge in [-0.1, -0.05) is 6.07 Å². The van der Waals surface area contributed by atoms with E-state index < -0.39 is 0 Å². The van der Waals surface area contributed by atoms with Gasteiger partial charge in [0.15, 0.2) is 0 Å².